The van der Waals surface area contributed by atoms with Gasteiger partial charge in [0.05, 0.1) is 0 Å². The molecule has 2 aliphatic heterocycles. The van der Waals surface area contributed by atoms with E-state index in [0.29, 0.717) is 24.2 Å². The molecule has 1 aromatic carbocycles. The maximum atomic E-state index is 12.3. The highest BCUT2D eigenvalue weighted by atomic mass is 35.5. The zero-order chi connectivity index (χ0) is 18.2. The zero-order valence-electron chi connectivity index (χ0n) is 17.1. The van der Waals surface area contributed by atoms with Crippen molar-refractivity contribution in [1.29, 1.82) is 0 Å². The molecule has 0 spiro atoms. The van der Waals surface area contributed by atoms with Crippen molar-refractivity contribution >= 4 is 30.7 Å². The van der Waals surface area contributed by atoms with Gasteiger partial charge < -0.3 is 10.6 Å². The van der Waals surface area contributed by atoms with E-state index in [-0.39, 0.29) is 30.7 Å². The Hall–Kier alpha value is -0.810. The van der Waals surface area contributed by atoms with Gasteiger partial charge in [-0.2, -0.15) is 0 Å². The highest BCUT2D eigenvalue weighted by Crippen LogP contribution is 2.24. The van der Waals surface area contributed by atoms with Crippen LogP contribution >= 0.6 is 24.8 Å². The summed E-state index contributed by atoms with van der Waals surface area (Å²) in [5.74, 6) is 2.11. The second-order valence-corrected chi connectivity index (χ2v) is 8.28. The number of carbonyl (C=O) groups excluding carboxylic acids is 1. The number of amides is 1. The fourth-order valence-electron chi connectivity index (χ4n) is 4.39. The van der Waals surface area contributed by atoms with Crippen LogP contribution in [0.15, 0.2) is 30.3 Å². The Bertz CT molecular complexity index is 544. The number of piperidine rings is 2. The molecule has 1 amide bonds. The van der Waals surface area contributed by atoms with Crippen molar-refractivity contribution in [1.82, 2.24) is 15.5 Å². The largest absolute Gasteiger partial charge is 0.356 e. The minimum absolute atomic E-state index is 0. The van der Waals surface area contributed by atoms with Crippen LogP contribution in [-0.4, -0.2) is 43.5 Å². The minimum atomic E-state index is 0. The lowest BCUT2D eigenvalue weighted by molar-refractivity contribution is -0.122. The van der Waals surface area contributed by atoms with Crippen LogP contribution in [-0.2, 0) is 11.3 Å². The lowest BCUT2D eigenvalue weighted by Gasteiger charge is -2.32. The van der Waals surface area contributed by atoms with Crippen molar-refractivity contribution in [3.63, 3.8) is 0 Å². The van der Waals surface area contributed by atoms with Crippen molar-refractivity contribution in [2.45, 2.75) is 45.6 Å². The molecule has 28 heavy (non-hydrogen) atoms. The Morgan fingerprint density at radius 2 is 1.75 bits per heavy atom. The third kappa shape index (κ3) is 8.28. The van der Waals surface area contributed by atoms with Gasteiger partial charge in [0.1, 0.15) is 0 Å². The van der Waals surface area contributed by atoms with Crippen LogP contribution in [0.2, 0.25) is 0 Å². The fraction of sp³-hybridized carbons (Fsp3) is 0.682. The Kier molecular flexibility index (Phi) is 12.1. The number of nitrogens with zero attached hydrogens (tertiary/aromatic N) is 1. The summed E-state index contributed by atoms with van der Waals surface area (Å²) in [6, 6.07) is 10.7. The van der Waals surface area contributed by atoms with Gasteiger partial charge in [0, 0.05) is 19.5 Å². The lowest BCUT2D eigenvalue weighted by atomic mass is 9.84. The highest BCUT2D eigenvalue weighted by Gasteiger charge is 2.23. The number of hydrogen-bond donors (Lipinski definition) is 2. The third-order valence-corrected chi connectivity index (χ3v) is 6.24. The molecule has 1 aromatic rings. The van der Waals surface area contributed by atoms with Gasteiger partial charge in [-0.3, -0.25) is 9.69 Å². The summed E-state index contributed by atoms with van der Waals surface area (Å²) in [6.45, 7) is 8.65. The predicted molar refractivity (Wildman–Crippen MR) is 121 cm³/mol. The first-order valence-corrected chi connectivity index (χ1v) is 10.4. The van der Waals surface area contributed by atoms with Crippen molar-refractivity contribution < 1.29 is 4.79 Å². The van der Waals surface area contributed by atoms with Gasteiger partial charge in [-0.15, -0.1) is 24.8 Å². The summed E-state index contributed by atoms with van der Waals surface area (Å²) in [6.07, 6.45) is 5.51. The minimum Gasteiger partial charge on any atom is -0.356 e. The summed E-state index contributed by atoms with van der Waals surface area (Å²) in [4.78, 5) is 14.8. The molecule has 160 valence electrons. The molecule has 2 heterocycles. The van der Waals surface area contributed by atoms with Gasteiger partial charge in [-0.05, 0) is 75.2 Å². The van der Waals surface area contributed by atoms with Crippen LogP contribution in [0.25, 0.3) is 0 Å². The van der Waals surface area contributed by atoms with Gasteiger partial charge in [0.15, 0.2) is 0 Å². The van der Waals surface area contributed by atoms with Crippen LogP contribution in [0, 0.1) is 17.8 Å². The topological polar surface area (TPSA) is 44.4 Å². The Morgan fingerprint density at radius 1 is 1.11 bits per heavy atom. The monoisotopic (exact) mass is 429 g/mol. The fourth-order valence-corrected chi connectivity index (χ4v) is 4.39. The first kappa shape index (κ1) is 25.2. The average molecular weight is 430 g/mol. The zero-order valence-corrected chi connectivity index (χ0v) is 18.7. The molecule has 2 aliphatic rings. The molecule has 0 radical (unpaired) electrons. The van der Waals surface area contributed by atoms with Crippen LogP contribution in [0.5, 0.6) is 0 Å². The molecule has 0 aromatic heterocycles. The smallest absolute Gasteiger partial charge is 0.220 e. The van der Waals surface area contributed by atoms with Gasteiger partial charge in [0.2, 0.25) is 5.91 Å². The summed E-state index contributed by atoms with van der Waals surface area (Å²) in [5.41, 5.74) is 1.39. The maximum absolute atomic E-state index is 12.3. The number of halogens is 2. The number of nitrogens with one attached hydrogen (secondary N) is 2. The van der Waals surface area contributed by atoms with Gasteiger partial charge in [0.25, 0.3) is 0 Å². The molecule has 4 nitrogen and oxygen atoms in total. The Balaban J connectivity index is 0.00000196. The molecule has 2 N–H and O–H groups in total. The summed E-state index contributed by atoms with van der Waals surface area (Å²) >= 11 is 0. The molecule has 2 saturated heterocycles. The van der Waals surface area contributed by atoms with Crippen LogP contribution in [0.1, 0.15) is 44.6 Å². The molecule has 2 fully saturated rings. The van der Waals surface area contributed by atoms with E-state index in [2.05, 4.69) is 52.8 Å². The first-order valence-electron chi connectivity index (χ1n) is 10.4. The van der Waals surface area contributed by atoms with Gasteiger partial charge in [-0.25, -0.2) is 0 Å². The van der Waals surface area contributed by atoms with E-state index in [0.717, 1.165) is 39.3 Å². The quantitative estimate of drug-likeness (QED) is 0.690. The van der Waals surface area contributed by atoms with Crippen LogP contribution in [0.4, 0.5) is 0 Å². The third-order valence-electron chi connectivity index (χ3n) is 6.24. The van der Waals surface area contributed by atoms with E-state index in [1.807, 2.05) is 0 Å². The van der Waals surface area contributed by atoms with Crippen LogP contribution in [0.3, 0.4) is 0 Å². The molecule has 0 bridgehead atoms. The first-order chi connectivity index (χ1) is 12.7. The molecule has 1 unspecified atom stereocenters. The number of likely N-dealkylation sites (tertiary alicyclic amines) is 1. The van der Waals surface area contributed by atoms with E-state index in [1.54, 1.807) is 0 Å². The second kappa shape index (κ2) is 13.4. The van der Waals surface area contributed by atoms with E-state index in [9.17, 15) is 4.79 Å². The summed E-state index contributed by atoms with van der Waals surface area (Å²) in [5, 5.41) is 6.62. The SMILES string of the molecule is CC(CC(=O)NCC1CCN(Cc2ccccc2)CC1)C1CCNCC1.Cl.Cl. The number of rotatable bonds is 7. The van der Waals surface area contributed by atoms with Crippen molar-refractivity contribution in [2.75, 3.05) is 32.7 Å². The maximum Gasteiger partial charge on any atom is 0.220 e. The molecular weight excluding hydrogens is 393 g/mol. The molecule has 6 heteroatoms. The molecule has 0 saturated carbocycles. The normalized spacial score (nSPS) is 19.9. The summed E-state index contributed by atoms with van der Waals surface area (Å²) < 4.78 is 0. The van der Waals surface area contributed by atoms with Gasteiger partial charge >= 0.3 is 0 Å². The predicted octanol–water partition coefficient (Wildman–Crippen LogP) is 3.88. The number of benzene rings is 1. The Morgan fingerprint density at radius 3 is 2.39 bits per heavy atom. The van der Waals surface area contributed by atoms with Crippen molar-refractivity contribution in [3.05, 3.63) is 35.9 Å². The second-order valence-electron chi connectivity index (χ2n) is 8.28. The molecule has 3 rings (SSSR count). The van der Waals surface area contributed by atoms with Crippen LogP contribution < -0.4 is 10.6 Å². The molecule has 1 atom stereocenters. The van der Waals surface area contributed by atoms with E-state index < -0.39 is 0 Å². The number of carbonyl (C=O) groups is 1. The van der Waals surface area contributed by atoms with Crippen molar-refractivity contribution in [3.8, 4) is 0 Å². The van der Waals surface area contributed by atoms with E-state index in [1.165, 1.54) is 31.2 Å². The molecular formula is C22H37Cl2N3O. The highest BCUT2D eigenvalue weighted by molar-refractivity contribution is 5.85. The van der Waals surface area contributed by atoms with E-state index in [4.69, 9.17) is 0 Å². The average Bonchev–Trinajstić information content (AvgIpc) is 2.69. The summed E-state index contributed by atoms with van der Waals surface area (Å²) in [7, 11) is 0. The number of hydrogen-bond acceptors (Lipinski definition) is 3. The molecule has 0 aliphatic carbocycles. The Labute approximate surface area is 183 Å². The lowest BCUT2D eigenvalue weighted by Crippen LogP contribution is -2.39. The van der Waals surface area contributed by atoms with Crippen molar-refractivity contribution in [2.24, 2.45) is 17.8 Å². The van der Waals surface area contributed by atoms with E-state index >= 15 is 0 Å². The standard InChI is InChI=1S/C22H35N3O.2ClH/c1-18(21-7-11-23-12-8-21)15-22(26)24-16-19-9-13-25(14-10-19)17-20-5-3-2-4-6-20;;/h2-6,18-19,21,23H,7-17H2,1H3,(H,24,26);2*1H. The van der Waals surface area contributed by atoms with Gasteiger partial charge in [-0.1, -0.05) is 37.3 Å².